The topological polar surface area (TPSA) is 90.7 Å². The van der Waals surface area contributed by atoms with E-state index in [9.17, 15) is 13.2 Å². The Balaban J connectivity index is 1.97. The van der Waals surface area contributed by atoms with Crippen molar-refractivity contribution in [2.75, 3.05) is 24.1 Å². The van der Waals surface area contributed by atoms with E-state index in [4.69, 9.17) is 9.47 Å². The number of nitrogens with zero attached hydrogens (tertiary/aromatic N) is 3. The molecule has 0 aliphatic rings. The van der Waals surface area contributed by atoms with Crippen molar-refractivity contribution in [3.63, 3.8) is 0 Å². The molecule has 3 rings (SSSR count). The van der Waals surface area contributed by atoms with Crippen LogP contribution in [0.25, 0.3) is 11.1 Å². The molecule has 8 nitrogen and oxygen atoms in total. The van der Waals surface area contributed by atoms with Gasteiger partial charge in [-0.3, -0.25) is 0 Å². The second-order valence-corrected chi connectivity index (χ2v) is 10.3. The van der Waals surface area contributed by atoms with E-state index in [2.05, 4.69) is 4.98 Å². The normalized spacial score (nSPS) is 11.4. The zero-order valence-electron chi connectivity index (χ0n) is 20.2. The largest absolute Gasteiger partial charge is 0.446 e. The summed E-state index contributed by atoms with van der Waals surface area (Å²) < 4.78 is 52.1. The molecule has 1 amide bonds. The first-order valence-electron chi connectivity index (χ1n) is 11.3. The number of carbonyl (C=O) groups is 1. The van der Waals surface area contributed by atoms with Crippen LogP contribution in [0.5, 0.6) is 0 Å². The van der Waals surface area contributed by atoms with Gasteiger partial charge in [0.05, 0.1) is 13.2 Å². The number of halogens is 1. The van der Waals surface area contributed by atoms with Gasteiger partial charge in [0.1, 0.15) is 23.2 Å². The van der Waals surface area contributed by atoms with Gasteiger partial charge in [-0.1, -0.05) is 26.0 Å². The van der Waals surface area contributed by atoms with Crippen LogP contribution in [0, 0.1) is 18.7 Å². The number of thiol groups is 1. The van der Waals surface area contributed by atoms with Crippen LogP contribution in [-0.2, 0) is 33.3 Å². The van der Waals surface area contributed by atoms with E-state index in [1.807, 2.05) is 31.4 Å². The van der Waals surface area contributed by atoms with E-state index < -0.39 is 22.8 Å². The molecule has 0 fully saturated rings. The van der Waals surface area contributed by atoms with E-state index in [0.717, 1.165) is 10.7 Å². The molecular formula is C24H30FN3O5S2. The van der Waals surface area contributed by atoms with Crippen LogP contribution in [-0.4, -0.2) is 43.9 Å². The first-order chi connectivity index (χ1) is 16.7. The highest BCUT2D eigenvalue weighted by molar-refractivity contribution is 7.75. The summed E-state index contributed by atoms with van der Waals surface area (Å²) in [6.07, 6.45) is 3.09. The maximum absolute atomic E-state index is 15.1. The standard InChI is InChI=1S/C24H30FN3O5S2/c1-5-32-10-11-33-24(29)28(35(30)31)23-21(14-20(34-23)12-16(2)3)18-6-7-19(22(25)13-18)15-27-9-8-26-17(27)4/h6-9,13-14,16,35H,5,10-12,15H2,1-4H3. The predicted molar refractivity (Wildman–Crippen MR) is 135 cm³/mol. The molecule has 11 heteroatoms. The molecule has 35 heavy (non-hydrogen) atoms. The van der Waals surface area contributed by atoms with Crippen molar-refractivity contribution in [2.24, 2.45) is 5.92 Å². The summed E-state index contributed by atoms with van der Waals surface area (Å²) in [4.78, 5) is 17.7. The molecule has 0 aliphatic heterocycles. The Labute approximate surface area is 210 Å². The quantitative estimate of drug-likeness (QED) is 0.287. The maximum Gasteiger partial charge on any atom is 0.428 e. The van der Waals surface area contributed by atoms with Gasteiger partial charge in [0.2, 0.25) is 10.9 Å². The van der Waals surface area contributed by atoms with Crippen molar-refractivity contribution in [1.29, 1.82) is 0 Å². The Bertz CT molecular complexity index is 1230. The molecule has 0 unspecified atom stereocenters. The number of anilines is 1. The molecule has 0 aliphatic carbocycles. The lowest BCUT2D eigenvalue weighted by Gasteiger charge is -2.16. The molecule has 1 aromatic carbocycles. The first kappa shape index (κ1) is 26.8. The third-order valence-electron chi connectivity index (χ3n) is 5.19. The zero-order valence-corrected chi connectivity index (χ0v) is 21.9. The van der Waals surface area contributed by atoms with Crippen molar-refractivity contribution < 1.29 is 27.1 Å². The summed E-state index contributed by atoms with van der Waals surface area (Å²) in [5.74, 6) is 0.639. The number of aryl methyl sites for hydroxylation is 1. The van der Waals surface area contributed by atoms with E-state index in [1.165, 1.54) is 17.4 Å². The van der Waals surface area contributed by atoms with Gasteiger partial charge in [0.15, 0.2) is 0 Å². The molecule has 2 heterocycles. The number of ether oxygens (including phenoxy) is 2. The summed E-state index contributed by atoms with van der Waals surface area (Å²) >= 11 is 1.18. The van der Waals surface area contributed by atoms with E-state index >= 15 is 4.39 Å². The zero-order chi connectivity index (χ0) is 25.5. The summed E-state index contributed by atoms with van der Waals surface area (Å²) in [6, 6.07) is 6.57. The molecular weight excluding hydrogens is 493 g/mol. The van der Waals surface area contributed by atoms with Crippen molar-refractivity contribution >= 4 is 33.3 Å². The molecule has 0 atom stereocenters. The predicted octanol–water partition coefficient (Wildman–Crippen LogP) is 4.81. The number of amides is 1. The number of aromatic nitrogens is 2. The average molecular weight is 524 g/mol. The smallest absolute Gasteiger partial charge is 0.428 e. The minimum atomic E-state index is -3.34. The monoisotopic (exact) mass is 523 g/mol. The molecule has 0 saturated carbocycles. The maximum atomic E-state index is 15.1. The second kappa shape index (κ2) is 12.3. The number of hydrogen-bond acceptors (Lipinski definition) is 7. The van der Waals surface area contributed by atoms with Crippen molar-refractivity contribution in [2.45, 2.75) is 40.7 Å². The van der Waals surface area contributed by atoms with E-state index in [1.54, 1.807) is 31.5 Å². The van der Waals surface area contributed by atoms with Crippen LogP contribution in [0.1, 0.15) is 37.0 Å². The van der Waals surface area contributed by atoms with Gasteiger partial charge < -0.3 is 14.0 Å². The minimum absolute atomic E-state index is 0.0805. The molecule has 2 aromatic heterocycles. The summed E-state index contributed by atoms with van der Waals surface area (Å²) in [7, 11) is -3.34. The van der Waals surface area contributed by atoms with E-state index in [0.29, 0.717) is 46.5 Å². The number of carbonyl (C=O) groups excluding carboxylic acids is 1. The molecule has 0 spiro atoms. The van der Waals surface area contributed by atoms with Crippen LogP contribution in [0.3, 0.4) is 0 Å². The Morgan fingerprint density at radius 1 is 1.26 bits per heavy atom. The number of thiophene rings is 1. The third kappa shape index (κ3) is 6.89. The Hall–Kier alpha value is -2.76. The van der Waals surface area contributed by atoms with Gasteiger partial charge in [-0.15, -0.1) is 11.3 Å². The fraction of sp³-hybridized carbons (Fsp3) is 0.417. The van der Waals surface area contributed by atoms with Gasteiger partial charge >= 0.3 is 6.09 Å². The Morgan fingerprint density at radius 3 is 2.63 bits per heavy atom. The van der Waals surface area contributed by atoms with Gasteiger partial charge in [-0.2, -0.15) is 4.31 Å². The van der Waals surface area contributed by atoms with Gasteiger partial charge in [-0.05, 0) is 43.9 Å². The van der Waals surface area contributed by atoms with Gasteiger partial charge in [-0.25, -0.2) is 22.6 Å². The van der Waals surface area contributed by atoms with Gasteiger partial charge in [0, 0.05) is 35.0 Å². The first-order valence-corrected chi connectivity index (χ1v) is 13.2. The summed E-state index contributed by atoms with van der Waals surface area (Å²) in [5.41, 5.74) is 1.39. The molecule has 0 bridgehead atoms. The van der Waals surface area contributed by atoms with Crippen LogP contribution >= 0.6 is 11.3 Å². The van der Waals surface area contributed by atoms with Crippen LogP contribution < -0.4 is 4.31 Å². The Kier molecular flexibility index (Phi) is 9.41. The summed E-state index contributed by atoms with van der Waals surface area (Å²) in [5, 5.41) is 0.177. The highest BCUT2D eigenvalue weighted by Gasteiger charge is 2.27. The molecule has 0 saturated heterocycles. The molecule has 0 N–H and O–H groups in total. The average Bonchev–Trinajstić information content (AvgIpc) is 3.38. The Morgan fingerprint density at radius 2 is 2.03 bits per heavy atom. The molecule has 0 radical (unpaired) electrons. The SMILES string of the molecule is CCOCCOC(=O)N(c1sc(CC(C)C)cc1-c1ccc(Cn2ccnc2C)c(F)c1)[SH](=O)=O. The number of rotatable bonds is 11. The molecule has 3 aromatic rings. The molecule has 190 valence electrons. The highest BCUT2D eigenvalue weighted by atomic mass is 32.2. The lowest BCUT2D eigenvalue weighted by atomic mass is 10.0. The fourth-order valence-electron chi connectivity index (χ4n) is 3.51. The van der Waals surface area contributed by atoms with Crippen molar-refractivity contribution in [1.82, 2.24) is 9.55 Å². The number of hydrogen-bond donors (Lipinski definition) is 1. The lowest BCUT2D eigenvalue weighted by molar-refractivity contribution is 0.0836. The number of imidazole rings is 1. The fourth-order valence-corrected chi connectivity index (χ4v) is 5.57. The van der Waals surface area contributed by atoms with Gasteiger partial charge in [0.25, 0.3) is 0 Å². The highest BCUT2D eigenvalue weighted by Crippen LogP contribution is 2.41. The van der Waals surface area contributed by atoms with Crippen LogP contribution in [0.2, 0.25) is 0 Å². The minimum Gasteiger partial charge on any atom is -0.446 e. The number of benzene rings is 1. The summed E-state index contributed by atoms with van der Waals surface area (Å²) in [6.45, 7) is 8.57. The third-order valence-corrected chi connectivity index (χ3v) is 7.16. The second-order valence-electron chi connectivity index (χ2n) is 8.30. The lowest BCUT2D eigenvalue weighted by Crippen LogP contribution is -2.30. The van der Waals surface area contributed by atoms with Crippen LogP contribution in [0.4, 0.5) is 14.2 Å². The van der Waals surface area contributed by atoms with E-state index in [-0.39, 0.29) is 18.2 Å². The van der Waals surface area contributed by atoms with Crippen LogP contribution in [0.15, 0.2) is 36.7 Å². The van der Waals surface area contributed by atoms with Crippen molar-refractivity contribution in [3.05, 3.63) is 58.7 Å². The van der Waals surface area contributed by atoms with Crippen molar-refractivity contribution in [3.8, 4) is 11.1 Å².